The molecule has 3 heterocycles. The summed E-state index contributed by atoms with van der Waals surface area (Å²) in [6, 6.07) is 12.4. The van der Waals surface area contributed by atoms with Gasteiger partial charge in [-0.1, -0.05) is 30.3 Å². The molecule has 0 saturated carbocycles. The number of aromatic nitrogens is 4. The summed E-state index contributed by atoms with van der Waals surface area (Å²) >= 11 is 7.40. The lowest BCUT2D eigenvalue weighted by Crippen LogP contribution is -2.21. The van der Waals surface area contributed by atoms with Crippen LogP contribution >= 0.6 is 31.9 Å². The van der Waals surface area contributed by atoms with Crippen molar-refractivity contribution in [2.24, 2.45) is 0 Å². The molecule has 0 atom stereocenters. The predicted octanol–water partition coefficient (Wildman–Crippen LogP) is 5.87. The molecule has 5 N–H and O–H groups in total. The van der Waals surface area contributed by atoms with Gasteiger partial charge < -0.3 is 20.8 Å². The van der Waals surface area contributed by atoms with Crippen LogP contribution in [0, 0.1) is 0 Å². The lowest BCUT2D eigenvalue weighted by atomic mass is 10.1. The minimum Gasteiger partial charge on any atom is -0.475 e. The maximum Gasteiger partial charge on any atom is 0.490 e. The fourth-order valence-corrected chi connectivity index (χ4v) is 4.67. The molecule has 0 unspecified atom stereocenters. The molecule has 33 heavy (non-hydrogen) atoms. The van der Waals surface area contributed by atoms with E-state index in [0.29, 0.717) is 5.95 Å². The summed E-state index contributed by atoms with van der Waals surface area (Å²) in [4.78, 5) is 24.2. The second-order valence-corrected chi connectivity index (χ2v) is 8.51. The summed E-state index contributed by atoms with van der Waals surface area (Å²) in [6.45, 7) is 0. The largest absolute Gasteiger partial charge is 0.490 e. The third-order valence-corrected chi connectivity index (χ3v) is 6.17. The first kappa shape index (κ1) is 24.8. The van der Waals surface area contributed by atoms with E-state index in [9.17, 15) is 13.2 Å². The topological polar surface area (TPSA) is 121 Å². The molecule has 0 radical (unpaired) electrons. The van der Waals surface area contributed by atoms with Gasteiger partial charge in [-0.3, -0.25) is 4.98 Å². The average molecular weight is 589 g/mol. The number of hydrogen-bond acceptors (Lipinski definition) is 4. The van der Waals surface area contributed by atoms with Crippen LogP contribution in [0.4, 0.5) is 19.1 Å². The molecular weight excluding hydrogens is 571 g/mol. The van der Waals surface area contributed by atoms with Crippen molar-refractivity contribution in [1.82, 2.24) is 19.9 Å². The van der Waals surface area contributed by atoms with Crippen molar-refractivity contribution >= 4 is 54.8 Å². The Hall–Kier alpha value is -2.86. The minimum absolute atomic E-state index is 0.388. The maximum atomic E-state index is 10.6. The molecule has 7 nitrogen and oxygen atoms in total. The number of fused-ring (bicyclic) bond motifs is 1. The quantitative estimate of drug-likeness (QED) is 0.232. The number of nitrogens with two attached hydrogens (primary N) is 1. The third-order valence-electron chi connectivity index (χ3n) is 4.62. The van der Waals surface area contributed by atoms with E-state index in [1.165, 1.54) is 11.1 Å². The van der Waals surface area contributed by atoms with E-state index >= 15 is 0 Å². The fraction of sp³-hybridized carbons (Fsp3) is 0.190. The summed E-state index contributed by atoms with van der Waals surface area (Å²) in [5.74, 6) is -2.37. The first-order chi connectivity index (χ1) is 15.6. The van der Waals surface area contributed by atoms with E-state index in [1.807, 2.05) is 12.1 Å². The Balaban J connectivity index is 0.000000383. The zero-order chi connectivity index (χ0) is 24.2. The van der Waals surface area contributed by atoms with Crippen LogP contribution in [0.2, 0.25) is 0 Å². The normalized spacial score (nSPS) is 11.3. The molecule has 4 rings (SSSR count). The molecule has 174 valence electrons. The van der Waals surface area contributed by atoms with Crippen molar-refractivity contribution in [3.05, 3.63) is 62.8 Å². The van der Waals surface area contributed by atoms with Gasteiger partial charge in [0.05, 0.1) is 15.8 Å². The van der Waals surface area contributed by atoms with Crippen LogP contribution in [0.3, 0.4) is 0 Å². The number of hydrogen-bond donors (Lipinski definition) is 4. The Kier molecular flexibility index (Phi) is 7.80. The van der Waals surface area contributed by atoms with Crippen LogP contribution in [0.1, 0.15) is 17.5 Å². The Morgan fingerprint density at radius 1 is 1.09 bits per heavy atom. The zero-order valence-corrected chi connectivity index (χ0v) is 20.1. The van der Waals surface area contributed by atoms with Crippen LogP contribution in [-0.2, 0) is 17.6 Å². The first-order valence-corrected chi connectivity index (χ1v) is 11.2. The summed E-state index contributed by atoms with van der Waals surface area (Å²) in [6.07, 6.45) is -0.272. The number of nitrogen functional groups attached to an aromatic ring is 1. The standard InChI is InChI=1S/C19H17Br2N5.C2HF3O2/c20-14-12(8-4-7-11-5-2-1-3-6-11)18(21)25-16(14)17-15-13(9-10-23-17)24-19(22)26-15;3-2(4,5)1(6)7/h1-3,5-6,9-10,25H,4,7-8H2,(H3,22,24,26);(H,6,7). The lowest BCUT2D eigenvalue weighted by molar-refractivity contribution is -0.192. The van der Waals surface area contributed by atoms with E-state index in [1.54, 1.807) is 6.20 Å². The molecular formula is C21H18Br2F3N5O2. The number of rotatable bonds is 5. The number of alkyl halides is 3. The number of carbonyl (C=O) groups is 1. The molecule has 1 aromatic carbocycles. The summed E-state index contributed by atoms with van der Waals surface area (Å²) in [5.41, 5.74) is 11.7. The number of H-pyrrole nitrogens is 2. The SMILES string of the molecule is Nc1nc2c(-c3[nH]c(Br)c(CCCc4ccccc4)c3Br)nccc2[nH]1.O=C(O)C(F)(F)F. The molecule has 0 bridgehead atoms. The van der Waals surface area contributed by atoms with Gasteiger partial charge in [0.15, 0.2) is 5.95 Å². The number of carboxylic acids is 1. The number of carboxylic acid groups (broad SMARTS) is 1. The lowest BCUT2D eigenvalue weighted by Gasteiger charge is -2.03. The molecule has 3 aromatic heterocycles. The second kappa shape index (κ2) is 10.4. The highest BCUT2D eigenvalue weighted by molar-refractivity contribution is 9.11. The molecule has 4 aromatic rings. The van der Waals surface area contributed by atoms with E-state index in [4.69, 9.17) is 15.6 Å². The number of imidazole rings is 1. The third kappa shape index (κ3) is 6.14. The number of nitrogens with one attached hydrogen (secondary N) is 2. The van der Waals surface area contributed by atoms with Crippen molar-refractivity contribution in [1.29, 1.82) is 0 Å². The maximum absolute atomic E-state index is 10.6. The zero-order valence-electron chi connectivity index (χ0n) is 16.9. The van der Waals surface area contributed by atoms with Crippen LogP contribution < -0.4 is 5.73 Å². The summed E-state index contributed by atoms with van der Waals surface area (Å²) in [7, 11) is 0. The predicted molar refractivity (Wildman–Crippen MR) is 126 cm³/mol. The molecule has 0 aliphatic heterocycles. The molecule has 0 saturated heterocycles. The van der Waals surface area contributed by atoms with E-state index in [2.05, 4.69) is 76.1 Å². The van der Waals surface area contributed by atoms with Gasteiger partial charge in [-0.05, 0) is 68.3 Å². The second-order valence-electron chi connectivity index (χ2n) is 6.93. The van der Waals surface area contributed by atoms with Crippen molar-refractivity contribution in [3.63, 3.8) is 0 Å². The number of nitrogens with zero attached hydrogens (tertiary/aromatic N) is 2. The molecule has 0 fully saturated rings. The van der Waals surface area contributed by atoms with Crippen LogP contribution in [0.5, 0.6) is 0 Å². The highest BCUT2D eigenvalue weighted by atomic mass is 79.9. The van der Waals surface area contributed by atoms with Crippen molar-refractivity contribution in [3.8, 4) is 11.4 Å². The number of benzene rings is 1. The van der Waals surface area contributed by atoms with Crippen LogP contribution in [-0.4, -0.2) is 37.2 Å². The Bertz CT molecular complexity index is 1260. The summed E-state index contributed by atoms with van der Waals surface area (Å²) in [5, 5.41) is 7.12. The number of pyridine rings is 1. The molecule has 0 amide bonds. The number of aliphatic carboxylic acids is 1. The van der Waals surface area contributed by atoms with Crippen molar-refractivity contribution < 1.29 is 23.1 Å². The van der Waals surface area contributed by atoms with Gasteiger partial charge in [-0.15, -0.1) is 0 Å². The fourth-order valence-electron chi connectivity index (χ4n) is 3.12. The Labute approximate surface area is 202 Å². The molecule has 0 aliphatic carbocycles. The van der Waals surface area contributed by atoms with Gasteiger partial charge in [-0.25, -0.2) is 9.78 Å². The van der Waals surface area contributed by atoms with E-state index in [-0.39, 0.29) is 0 Å². The smallest absolute Gasteiger partial charge is 0.475 e. The average Bonchev–Trinajstić information content (AvgIpc) is 3.27. The Morgan fingerprint density at radius 2 is 1.76 bits per heavy atom. The molecule has 0 aliphatic rings. The number of halogens is 5. The highest BCUT2D eigenvalue weighted by Crippen LogP contribution is 2.37. The van der Waals surface area contributed by atoms with Gasteiger partial charge in [0.1, 0.15) is 11.2 Å². The number of aryl methyl sites for hydroxylation is 1. The van der Waals surface area contributed by atoms with Crippen molar-refractivity contribution in [2.45, 2.75) is 25.4 Å². The van der Waals surface area contributed by atoms with Crippen LogP contribution in [0.15, 0.2) is 51.7 Å². The Morgan fingerprint density at radius 3 is 2.39 bits per heavy atom. The number of aromatic amines is 2. The van der Waals surface area contributed by atoms with Gasteiger partial charge in [0, 0.05) is 10.7 Å². The highest BCUT2D eigenvalue weighted by Gasteiger charge is 2.38. The minimum atomic E-state index is -5.08. The summed E-state index contributed by atoms with van der Waals surface area (Å²) < 4.78 is 33.7. The van der Waals surface area contributed by atoms with E-state index < -0.39 is 12.1 Å². The number of anilines is 1. The van der Waals surface area contributed by atoms with Gasteiger partial charge in [0.2, 0.25) is 0 Å². The molecule has 12 heteroatoms. The van der Waals surface area contributed by atoms with Gasteiger partial charge in [-0.2, -0.15) is 13.2 Å². The monoisotopic (exact) mass is 587 g/mol. The van der Waals surface area contributed by atoms with Gasteiger partial charge >= 0.3 is 12.1 Å². The van der Waals surface area contributed by atoms with Crippen molar-refractivity contribution in [2.75, 3.05) is 5.73 Å². The van der Waals surface area contributed by atoms with Crippen LogP contribution in [0.25, 0.3) is 22.4 Å². The van der Waals surface area contributed by atoms with E-state index in [0.717, 1.165) is 50.8 Å². The first-order valence-electron chi connectivity index (χ1n) is 9.58. The van der Waals surface area contributed by atoms with Gasteiger partial charge in [0.25, 0.3) is 0 Å². The molecule has 0 spiro atoms.